The number of halogens is 4. The van der Waals surface area contributed by atoms with Crippen LogP contribution >= 0.6 is 63.7 Å². The molecule has 0 amide bonds. The molecule has 2 aromatic carbocycles. The van der Waals surface area contributed by atoms with E-state index in [1.807, 2.05) is 6.07 Å². The van der Waals surface area contributed by atoms with Crippen molar-refractivity contribution in [1.29, 1.82) is 0 Å². The molecule has 0 heterocycles. The molecule has 106 valence electrons. The summed E-state index contributed by atoms with van der Waals surface area (Å²) in [6.07, 6.45) is 0. The molecule has 20 heavy (non-hydrogen) atoms. The van der Waals surface area contributed by atoms with E-state index in [-0.39, 0.29) is 5.75 Å². The Hall–Kier alpha value is -0.240. The van der Waals surface area contributed by atoms with Crippen LogP contribution in [0.25, 0.3) is 0 Å². The Balaban J connectivity index is 2.47. The van der Waals surface area contributed by atoms with Crippen molar-refractivity contribution in [2.75, 3.05) is 7.11 Å². The summed E-state index contributed by atoms with van der Waals surface area (Å²) in [5.41, 5.74) is 0. The number of ether oxygens (including phenoxy) is 2. The van der Waals surface area contributed by atoms with Crippen molar-refractivity contribution in [2.45, 2.75) is 0 Å². The minimum absolute atomic E-state index is 0.105. The molecule has 0 atom stereocenters. The SMILES string of the molecule is COc1cc(Br)c(Br)c(Oc2cc(O)cc(Br)c2Br)c1. The van der Waals surface area contributed by atoms with E-state index in [0.717, 1.165) is 8.95 Å². The first kappa shape index (κ1) is 16.1. The van der Waals surface area contributed by atoms with Gasteiger partial charge in [-0.1, -0.05) is 0 Å². The highest BCUT2D eigenvalue weighted by Crippen LogP contribution is 2.43. The Kier molecular flexibility index (Phi) is 5.39. The van der Waals surface area contributed by atoms with Crippen molar-refractivity contribution in [3.05, 3.63) is 42.2 Å². The molecule has 0 saturated carbocycles. The molecule has 7 heteroatoms. The van der Waals surface area contributed by atoms with Gasteiger partial charge < -0.3 is 14.6 Å². The molecule has 0 aromatic heterocycles. The minimum Gasteiger partial charge on any atom is -0.508 e. The largest absolute Gasteiger partial charge is 0.508 e. The smallest absolute Gasteiger partial charge is 0.146 e. The molecule has 0 saturated heterocycles. The highest BCUT2D eigenvalue weighted by molar-refractivity contribution is 9.13. The summed E-state index contributed by atoms with van der Waals surface area (Å²) in [5.74, 6) is 1.81. The maximum atomic E-state index is 9.64. The van der Waals surface area contributed by atoms with Gasteiger partial charge in [0.15, 0.2) is 0 Å². The van der Waals surface area contributed by atoms with Crippen LogP contribution in [-0.4, -0.2) is 12.2 Å². The molecule has 0 aliphatic carbocycles. The monoisotopic (exact) mass is 528 g/mol. The number of benzene rings is 2. The number of rotatable bonds is 3. The zero-order chi connectivity index (χ0) is 14.9. The van der Waals surface area contributed by atoms with Crippen molar-refractivity contribution in [2.24, 2.45) is 0 Å². The lowest BCUT2D eigenvalue weighted by Crippen LogP contribution is -1.91. The maximum absolute atomic E-state index is 9.64. The molecule has 1 N–H and O–H groups in total. The van der Waals surface area contributed by atoms with Gasteiger partial charge in [-0.15, -0.1) is 0 Å². The fourth-order valence-corrected chi connectivity index (χ4v) is 2.95. The molecule has 0 spiro atoms. The van der Waals surface area contributed by atoms with Crippen LogP contribution in [0, 0.1) is 0 Å². The van der Waals surface area contributed by atoms with Gasteiger partial charge >= 0.3 is 0 Å². The molecule has 0 fully saturated rings. The first-order chi connectivity index (χ1) is 9.42. The Morgan fingerprint density at radius 2 is 1.40 bits per heavy atom. The van der Waals surface area contributed by atoms with Crippen molar-refractivity contribution in [3.8, 4) is 23.0 Å². The zero-order valence-corrected chi connectivity index (χ0v) is 16.4. The average Bonchev–Trinajstić information content (AvgIpc) is 2.40. The van der Waals surface area contributed by atoms with Gasteiger partial charge in [0.2, 0.25) is 0 Å². The van der Waals surface area contributed by atoms with Crippen LogP contribution in [0.2, 0.25) is 0 Å². The van der Waals surface area contributed by atoms with Crippen LogP contribution in [0.15, 0.2) is 42.2 Å². The van der Waals surface area contributed by atoms with Gasteiger partial charge in [-0.3, -0.25) is 0 Å². The molecule has 0 radical (unpaired) electrons. The van der Waals surface area contributed by atoms with Gasteiger partial charge in [0.25, 0.3) is 0 Å². The van der Waals surface area contributed by atoms with E-state index in [2.05, 4.69) is 63.7 Å². The van der Waals surface area contributed by atoms with Crippen molar-refractivity contribution < 1.29 is 14.6 Å². The van der Waals surface area contributed by atoms with Gasteiger partial charge in [-0.25, -0.2) is 0 Å². The third kappa shape index (κ3) is 3.50. The molecule has 0 aliphatic rings. The van der Waals surface area contributed by atoms with Gasteiger partial charge in [-0.05, 0) is 75.9 Å². The second-order valence-corrected chi connectivity index (χ2v) is 7.06. The zero-order valence-electron chi connectivity index (χ0n) is 10.1. The Morgan fingerprint density at radius 3 is 2.00 bits per heavy atom. The second kappa shape index (κ2) is 6.68. The normalized spacial score (nSPS) is 10.4. The third-order valence-corrected chi connectivity index (χ3v) is 6.35. The summed E-state index contributed by atoms with van der Waals surface area (Å²) in [7, 11) is 1.58. The molecular weight excluding hydrogens is 524 g/mol. The second-order valence-electron chi connectivity index (χ2n) is 3.76. The van der Waals surface area contributed by atoms with Crippen molar-refractivity contribution in [1.82, 2.24) is 0 Å². The van der Waals surface area contributed by atoms with E-state index in [9.17, 15) is 5.11 Å². The number of phenols is 1. The quantitative estimate of drug-likeness (QED) is 0.509. The minimum atomic E-state index is 0.105. The molecule has 0 bridgehead atoms. The van der Waals surface area contributed by atoms with Crippen molar-refractivity contribution >= 4 is 63.7 Å². The van der Waals surface area contributed by atoms with E-state index >= 15 is 0 Å². The molecule has 2 aromatic rings. The average molecular weight is 532 g/mol. The summed E-state index contributed by atoms with van der Waals surface area (Å²) >= 11 is 13.6. The Labute approximate surface area is 149 Å². The maximum Gasteiger partial charge on any atom is 0.146 e. The van der Waals surface area contributed by atoms with E-state index in [1.165, 1.54) is 6.07 Å². The van der Waals surface area contributed by atoms with Crippen LogP contribution < -0.4 is 9.47 Å². The van der Waals surface area contributed by atoms with Gasteiger partial charge in [0, 0.05) is 21.1 Å². The molecule has 3 nitrogen and oxygen atoms in total. The topological polar surface area (TPSA) is 38.7 Å². The number of phenolic OH excluding ortho intramolecular Hbond substituents is 1. The molecule has 2 rings (SSSR count). The summed E-state index contributed by atoms with van der Waals surface area (Å²) in [6.45, 7) is 0. The van der Waals surface area contributed by atoms with Crippen LogP contribution in [-0.2, 0) is 0 Å². The summed E-state index contributed by atoms with van der Waals surface area (Å²) < 4.78 is 14.0. The van der Waals surface area contributed by atoms with Crippen LogP contribution in [0.3, 0.4) is 0 Å². The number of hydrogen-bond donors (Lipinski definition) is 1. The van der Waals surface area contributed by atoms with Gasteiger partial charge in [-0.2, -0.15) is 0 Å². The van der Waals surface area contributed by atoms with Crippen molar-refractivity contribution in [3.63, 3.8) is 0 Å². The van der Waals surface area contributed by atoms with E-state index in [0.29, 0.717) is 26.2 Å². The highest BCUT2D eigenvalue weighted by atomic mass is 79.9. The van der Waals surface area contributed by atoms with E-state index in [1.54, 1.807) is 19.2 Å². The van der Waals surface area contributed by atoms with Gasteiger partial charge in [0.05, 0.1) is 16.1 Å². The van der Waals surface area contributed by atoms with E-state index in [4.69, 9.17) is 9.47 Å². The molecule has 0 unspecified atom stereocenters. The first-order valence-electron chi connectivity index (χ1n) is 5.31. The fourth-order valence-electron chi connectivity index (χ4n) is 1.48. The van der Waals surface area contributed by atoms with E-state index < -0.39 is 0 Å². The standard InChI is InChI=1S/C13H8Br4O3/c1-19-7-4-9(15)13(17)11(5-7)20-10-3-6(18)2-8(14)12(10)16/h2-5,18H,1H3. The first-order valence-corrected chi connectivity index (χ1v) is 8.48. The highest BCUT2D eigenvalue weighted by Gasteiger charge is 2.14. The Morgan fingerprint density at radius 1 is 0.850 bits per heavy atom. The number of methoxy groups -OCH3 is 1. The number of aromatic hydroxyl groups is 1. The van der Waals surface area contributed by atoms with Gasteiger partial charge in [0.1, 0.15) is 23.0 Å². The fraction of sp³-hybridized carbons (Fsp3) is 0.0769. The lowest BCUT2D eigenvalue weighted by molar-refractivity contribution is 0.407. The number of hydrogen-bond acceptors (Lipinski definition) is 3. The predicted molar refractivity (Wildman–Crippen MR) is 92.0 cm³/mol. The summed E-state index contributed by atoms with van der Waals surface area (Å²) in [6, 6.07) is 6.67. The lowest BCUT2D eigenvalue weighted by atomic mass is 10.3. The summed E-state index contributed by atoms with van der Waals surface area (Å²) in [5, 5.41) is 9.64. The van der Waals surface area contributed by atoms with Crippen LogP contribution in [0.5, 0.6) is 23.0 Å². The third-order valence-electron chi connectivity index (χ3n) is 2.40. The van der Waals surface area contributed by atoms with Crippen LogP contribution in [0.1, 0.15) is 0 Å². The lowest BCUT2D eigenvalue weighted by Gasteiger charge is -2.13. The predicted octanol–water partition coefficient (Wildman–Crippen LogP) is 6.24. The van der Waals surface area contributed by atoms with Crippen LogP contribution in [0.4, 0.5) is 0 Å². The Bertz CT molecular complexity index is 659. The molecular formula is C13H8Br4O3. The molecule has 0 aliphatic heterocycles. The summed E-state index contributed by atoms with van der Waals surface area (Å²) in [4.78, 5) is 0.